The van der Waals surface area contributed by atoms with Crippen molar-refractivity contribution in [2.24, 2.45) is 0 Å². The number of carbonyl (C=O) groups is 1. The fraction of sp³-hybridized carbons (Fsp3) is 0.417. The van der Waals surface area contributed by atoms with E-state index in [4.69, 9.17) is 15.9 Å². The van der Waals surface area contributed by atoms with Gasteiger partial charge in [-0.2, -0.15) is 0 Å². The fourth-order valence-corrected chi connectivity index (χ4v) is 1.59. The molecule has 0 fully saturated rings. The molecule has 0 saturated carbocycles. The van der Waals surface area contributed by atoms with Gasteiger partial charge >= 0.3 is 0 Å². The zero-order valence-electron chi connectivity index (χ0n) is 9.89. The number of aliphatic hydroxyl groups excluding tert-OH is 2. The Kier molecular flexibility index (Phi) is 4.93. The topological polar surface area (TPSA) is 86.8 Å². The minimum Gasteiger partial charge on any atom is -0.398 e. The zero-order chi connectivity index (χ0) is 12.8. The second kappa shape index (κ2) is 6.22. The highest BCUT2D eigenvalue weighted by Crippen LogP contribution is 2.18. The van der Waals surface area contributed by atoms with Gasteiger partial charge < -0.3 is 20.8 Å². The molecule has 0 radical (unpaired) electrons. The van der Waals surface area contributed by atoms with E-state index in [1.807, 2.05) is 13.0 Å². The second-order valence-corrected chi connectivity index (χ2v) is 3.78. The third-order valence-corrected chi connectivity index (χ3v) is 2.58. The first kappa shape index (κ1) is 13.5. The predicted molar refractivity (Wildman–Crippen MR) is 65.7 cm³/mol. The molecule has 5 heteroatoms. The summed E-state index contributed by atoms with van der Waals surface area (Å²) < 4.78 is 0. The number of para-hydroxylation sites is 1. The summed E-state index contributed by atoms with van der Waals surface area (Å²) in [6.07, 6.45) is 0. The minimum atomic E-state index is -0.269. The molecule has 0 aliphatic rings. The van der Waals surface area contributed by atoms with Crippen LogP contribution in [-0.2, 0) is 0 Å². The lowest BCUT2D eigenvalue weighted by Crippen LogP contribution is -2.36. The quantitative estimate of drug-likeness (QED) is 0.630. The van der Waals surface area contributed by atoms with E-state index in [0.29, 0.717) is 11.3 Å². The predicted octanol–water partition coefficient (Wildman–Crippen LogP) is 0.00402. The number of benzene rings is 1. The van der Waals surface area contributed by atoms with E-state index in [1.54, 1.807) is 12.1 Å². The molecule has 0 aromatic heterocycles. The molecule has 0 unspecified atom stereocenters. The maximum atomic E-state index is 12.1. The second-order valence-electron chi connectivity index (χ2n) is 3.78. The fourth-order valence-electron chi connectivity index (χ4n) is 1.59. The average Bonchev–Trinajstić information content (AvgIpc) is 2.31. The monoisotopic (exact) mass is 238 g/mol. The molecule has 94 valence electrons. The van der Waals surface area contributed by atoms with Crippen molar-refractivity contribution >= 4 is 11.6 Å². The Hall–Kier alpha value is -1.59. The number of amides is 1. The van der Waals surface area contributed by atoms with E-state index < -0.39 is 0 Å². The van der Waals surface area contributed by atoms with Gasteiger partial charge in [-0.1, -0.05) is 12.1 Å². The van der Waals surface area contributed by atoms with Crippen molar-refractivity contribution in [1.29, 1.82) is 0 Å². The number of nitrogens with zero attached hydrogens (tertiary/aromatic N) is 1. The van der Waals surface area contributed by atoms with Crippen LogP contribution in [-0.4, -0.2) is 47.3 Å². The molecule has 0 spiro atoms. The molecule has 1 amide bonds. The van der Waals surface area contributed by atoms with Gasteiger partial charge in [0, 0.05) is 18.8 Å². The molecular formula is C12H18N2O3. The van der Waals surface area contributed by atoms with Gasteiger partial charge in [-0.25, -0.2) is 0 Å². The van der Waals surface area contributed by atoms with Crippen LogP contribution in [0.3, 0.4) is 0 Å². The minimum absolute atomic E-state index is 0.141. The van der Waals surface area contributed by atoms with Crippen molar-refractivity contribution in [3.05, 3.63) is 29.3 Å². The summed E-state index contributed by atoms with van der Waals surface area (Å²) in [6.45, 7) is 1.92. The number of nitrogen functional groups attached to an aromatic ring is 1. The highest BCUT2D eigenvalue weighted by atomic mass is 16.3. The number of rotatable bonds is 5. The highest BCUT2D eigenvalue weighted by molar-refractivity contribution is 5.99. The van der Waals surface area contributed by atoms with Gasteiger partial charge in [0.2, 0.25) is 0 Å². The number of aryl methyl sites for hydroxylation is 1. The number of anilines is 1. The van der Waals surface area contributed by atoms with Gasteiger partial charge in [0.1, 0.15) is 0 Å². The molecule has 0 aliphatic carbocycles. The molecule has 17 heavy (non-hydrogen) atoms. The smallest absolute Gasteiger partial charge is 0.256 e. The van der Waals surface area contributed by atoms with Gasteiger partial charge in [0.15, 0.2) is 0 Å². The van der Waals surface area contributed by atoms with Gasteiger partial charge in [0.05, 0.1) is 18.8 Å². The molecule has 0 heterocycles. The number of nitrogens with two attached hydrogens (primary N) is 1. The van der Waals surface area contributed by atoms with Gasteiger partial charge in [-0.15, -0.1) is 0 Å². The molecule has 0 bridgehead atoms. The molecule has 1 rings (SSSR count). The lowest BCUT2D eigenvalue weighted by Gasteiger charge is -2.21. The first-order valence-electron chi connectivity index (χ1n) is 5.48. The average molecular weight is 238 g/mol. The van der Waals surface area contributed by atoms with Crippen molar-refractivity contribution in [3.8, 4) is 0 Å². The summed E-state index contributed by atoms with van der Waals surface area (Å²) in [4.78, 5) is 13.5. The van der Waals surface area contributed by atoms with E-state index in [9.17, 15) is 4.79 Å². The van der Waals surface area contributed by atoms with E-state index in [2.05, 4.69) is 0 Å². The molecular weight excluding hydrogens is 220 g/mol. The van der Waals surface area contributed by atoms with Gasteiger partial charge in [-0.05, 0) is 18.6 Å². The molecule has 1 aromatic carbocycles. The van der Waals surface area contributed by atoms with Gasteiger partial charge in [0.25, 0.3) is 5.91 Å². The standard InChI is InChI=1S/C12H18N2O3/c1-9-3-2-4-10(11(9)13)12(17)14(5-7-15)6-8-16/h2-4,15-16H,5-8,13H2,1H3. The van der Waals surface area contributed by atoms with E-state index in [0.717, 1.165) is 5.56 Å². The van der Waals surface area contributed by atoms with Crippen LogP contribution in [0.4, 0.5) is 5.69 Å². The van der Waals surface area contributed by atoms with Crippen LogP contribution in [0.1, 0.15) is 15.9 Å². The van der Waals surface area contributed by atoms with Crippen LogP contribution in [0.2, 0.25) is 0 Å². The van der Waals surface area contributed by atoms with Crippen molar-refractivity contribution in [2.45, 2.75) is 6.92 Å². The van der Waals surface area contributed by atoms with Crippen LogP contribution in [0.25, 0.3) is 0 Å². The molecule has 5 nitrogen and oxygen atoms in total. The number of hydrogen-bond acceptors (Lipinski definition) is 4. The van der Waals surface area contributed by atoms with Gasteiger partial charge in [-0.3, -0.25) is 4.79 Å². The number of aliphatic hydroxyl groups is 2. The maximum absolute atomic E-state index is 12.1. The van der Waals surface area contributed by atoms with Crippen LogP contribution in [0.15, 0.2) is 18.2 Å². The molecule has 0 atom stereocenters. The Balaban J connectivity index is 2.96. The van der Waals surface area contributed by atoms with Crippen LogP contribution in [0, 0.1) is 6.92 Å². The number of carbonyl (C=O) groups excluding carboxylic acids is 1. The Morgan fingerprint density at radius 3 is 2.41 bits per heavy atom. The molecule has 0 saturated heterocycles. The van der Waals surface area contributed by atoms with Crippen molar-refractivity contribution in [2.75, 3.05) is 32.0 Å². The van der Waals surface area contributed by atoms with E-state index in [1.165, 1.54) is 4.90 Å². The van der Waals surface area contributed by atoms with Crippen molar-refractivity contribution in [1.82, 2.24) is 4.90 Å². The Morgan fingerprint density at radius 2 is 1.88 bits per heavy atom. The first-order chi connectivity index (χ1) is 8.11. The normalized spacial score (nSPS) is 10.3. The summed E-state index contributed by atoms with van der Waals surface area (Å²) in [5.74, 6) is -0.269. The third kappa shape index (κ3) is 3.18. The first-order valence-corrected chi connectivity index (χ1v) is 5.48. The van der Waals surface area contributed by atoms with E-state index in [-0.39, 0.29) is 32.2 Å². The van der Waals surface area contributed by atoms with Crippen molar-refractivity contribution < 1.29 is 15.0 Å². The SMILES string of the molecule is Cc1cccc(C(=O)N(CCO)CCO)c1N. The Bertz CT molecular complexity index is 387. The highest BCUT2D eigenvalue weighted by Gasteiger charge is 2.17. The Morgan fingerprint density at radius 1 is 1.29 bits per heavy atom. The summed E-state index contributed by atoms with van der Waals surface area (Å²) in [5, 5.41) is 17.8. The summed E-state index contributed by atoms with van der Waals surface area (Å²) in [5.41, 5.74) is 7.53. The summed E-state index contributed by atoms with van der Waals surface area (Å²) in [6, 6.07) is 5.23. The van der Waals surface area contributed by atoms with E-state index >= 15 is 0 Å². The molecule has 1 aromatic rings. The summed E-state index contributed by atoms with van der Waals surface area (Å²) in [7, 11) is 0. The molecule has 4 N–H and O–H groups in total. The molecule has 0 aliphatic heterocycles. The van der Waals surface area contributed by atoms with Crippen LogP contribution < -0.4 is 5.73 Å². The third-order valence-electron chi connectivity index (χ3n) is 2.58. The maximum Gasteiger partial charge on any atom is 0.256 e. The number of hydrogen-bond donors (Lipinski definition) is 3. The largest absolute Gasteiger partial charge is 0.398 e. The van der Waals surface area contributed by atoms with Crippen LogP contribution in [0.5, 0.6) is 0 Å². The lowest BCUT2D eigenvalue weighted by atomic mass is 10.1. The van der Waals surface area contributed by atoms with Crippen molar-refractivity contribution in [3.63, 3.8) is 0 Å². The Labute approximate surface area is 100 Å². The zero-order valence-corrected chi connectivity index (χ0v) is 9.89. The van der Waals surface area contributed by atoms with Crippen LogP contribution >= 0.6 is 0 Å². The lowest BCUT2D eigenvalue weighted by molar-refractivity contribution is 0.0686. The summed E-state index contributed by atoms with van der Waals surface area (Å²) >= 11 is 0.